The molecule has 1 aromatic rings. The molecular weight excluding hydrogens is 370 g/mol. The fourth-order valence-corrected chi connectivity index (χ4v) is 3.52. The summed E-state index contributed by atoms with van der Waals surface area (Å²) >= 11 is 6.78. The molecule has 0 saturated heterocycles. The minimum atomic E-state index is -1.59. The van der Waals surface area contributed by atoms with E-state index in [1.54, 1.807) is 30.3 Å². The summed E-state index contributed by atoms with van der Waals surface area (Å²) in [4.78, 5) is 34.7. The maximum Gasteiger partial charge on any atom is 0.242 e. The lowest BCUT2D eigenvalue weighted by molar-refractivity contribution is -0.309. The third kappa shape index (κ3) is 4.65. The topological polar surface area (TPSA) is 147 Å². The van der Waals surface area contributed by atoms with Gasteiger partial charge >= 0.3 is 0 Å². The summed E-state index contributed by atoms with van der Waals surface area (Å²) in [6.07, 6.45) is 0. The van der Waals surface area contributed by atoms with Crippen LogP contribution in [0, 0.1) is 0 Å². The molecule has 10 heteroatoms. The molecule has 8 nitrogen and oxygen atoms in total. The van der Waals surface area contributed by atoms with Crippen LogP contribution in [-0.2, 0) is 14.4 Å². The number of hydrogen-bond donors (Lipinski definition) is 3. The molecular formula is C15H14ClN3O5S-2. The van der Waals surface area contributed by atoms with Crippen LogP contribution in [0.2, 0.25) is 0 Å². The van der Waals surface area contributed by atoms with Gasteiger partial charge in [-0.05, 0) is 5.56 Å². The average molecular weight is 384 g/mol. The first-order valence-electron chi connectivity index (χ1n) is 7.11. The second-order valence-electron chi connectivity index (χ2n) is 5.14. The fourth-order valence-electron chi connectivity index (χ4n) is 2.16. The van der Waals surface area contributed by atoms with Crippen LogP contribution >= 0.6 is 23.4 Å². The highest BCUT2D eigenvalue weighted by Gasteiger charge is 2.31. The van der Waals surface area contributed by atoms with E-state index in [-0.39, 0.29) is 10.8 Å². The quantitative estimate of drug-likeness (QED) is 0.500. The fraction of sp³-hybridized carbons (Fsp3) is 0.267. The largest absolute Gasteiger partial charge is 0.548 e. The van der Waals surface area contributed by atoms with Crippen molar-refractivity contribution in [3.05, 3.63) is 46.6 Å². The minimum absolute atomic E-state index is 0.00865. The average Bonchev–Trinajstić information content (AvgIpc) is 2.59. The number of amides is 1. The van der Waals surface area contributed by atoms with E-state index in [0.717, 1.165) is 11.8 Å². The van der Waals surface area contributed by atoms with Crippen LogP contribution in [0.5, 0.6) is 0 Å². The zero-order valence-corrected chi connectivity index (χ0v) is 14.3. The van der Waals surface area contributed by atoms with Gasteiger partial charge in [0.2, 0.25) is 5.91 Å². The summed E-state index contributed by atoms with van der Waals surface area (Å²) in [5, 5.41) is 26.1. The van der Waals surface area contributed by atoms with Crippen molar-refractivity contribution in [3.8, 4) is 0 Å². The zero-order chi connectivity index (χ0) is 18.6. The van der Waals surface area contributed by atoms with E-state index in [2.05, 4.69) is 10.6 Å². The number of carboxylic acids is 2. The number of nitrogens with two attached hydrogens (primary N) is 1. The van der Waals surface area contributed by atoms with Crippen LogP contribution in [0.1, 0.15) is 11.6 Å². The molecule has 1 aromatic carbocycles. The van der Waals surface area contributed by atoms with Crippen LogP contribution in [0.25, 0.3) is 0 Å². The monoisotopic (exact) mass is 383 g/mol. The van der Waals surface area contributed by atoms with Crippen LogP contribution in [-0.4, -0.2) is 35.0 Å². The van der Waals surface area contributed by atoms with E-state index >= 15 is 0 Å². The lowest BCUT2D eigenvalue weighted by Gasteiger charge is -2.34. The molecule has 1 amide bonds. The molecule has 1 aliphatic rings. The normalized spacial score (nSPS) is 19.5. The highest BCUT2D eigenvalue weighted by atomic mass is 35.5. The summed E-state index contributed by atoms with van der Waals surface area (Å²) in [6.45, 7) is 0. The summed E-state index contributed by atoms with van der Waals surface area (Å²) in [6, 6.07) is 5.78. The number of carbonyl (C=O) groups is 3. The molecule has 3 atom stereocenters. The van der Waals surface area contributed by atoms with Gasteiger partial charge in [-0.2, -0.15) is 0 Å². The molecule has 134 valence electrons. The maximum atomic E-state index is 12.2. The number of halogens is 1. The first kappa shape index (κ1) is 19.1. The van der Waals surface area contributed by atoms with E-state index in [4.69, 9.17) is 17.3 Å². The molecule has 25 heavy (non-hydrogen) atoms. The molecule has 4 N–H and O–H groups in total. The van der Waals surface area contributed by atoms with E-state index in [1.165, 1.54) is 0 Å². The van der Waals surface area contributed by atoms with Crippen LogP contribution in [0.4, 0.5) is 0 Å². The third-order valence-corrected chi connectivity index (χ3v) is 5.13. The van der Waals surface area contributed by atoms with Gasteiger partial charge in [0.1, 0.15) is 6.04 Å². The molecule has 0 bridgehead atoms. The second-order valence-corrected chi connectivity index (χ2v) is 6.72. The van der Waals surface area contributed by atoms with Crippen LogP contribution in [0.15, 0.2) is 41.1 Å². The molecule has 0 aliphatic carbocycles. The Hall–Kier alpha value is -2.23. The Labute approximate surface area is 152 Å². The summed E-state index contributed by atoms with van der Waals surface area (Å²) in [5.41, 5.74) is 5.91. The van der Waals surface area contributed by atoms with Crippen molar-refractivity contribution in [1.82, 2.24) is 10.6 Å². The Bertz CT molecular complexity index is 712. The van der Waals surface area contributed by atoms with Gasteiger partial charge in [0, 0.05) is 5.75 Å². The highest BCUT2D eigenvalue weighted by molar-refractivity contribution is 8.00. The SMILES string of the molecule is NC(C(=O)N[C@H](C(=O)[O-])[C@@H]1NC(C(=O)[O-])=C(Cl)CS1)c1ccccc1. The standard InChI is InChI=1S/C15H16ClN3O5S/c16-8-6-25-13(19-10(8)14(21)22)11(15(23)24)18-12(20)9(17)7-4-2-1-3-5-7/h1-5,9,11,13,19H,6,17H2,(H,18,20)(H,21,22)(H,23,24)/p-2/t9?,11-,13+/m0/s1. The van der Waals surface area contributed by atoms with E-state index in [9.17, 15) is 24.6 Å². The molecule has 0 spiro atoms. The minimum Gasteiger partial charge on any atom is -0.548 e. The van der Waals surface area contributed by atoms with Gasteiger partial charge in [-0.1, -0.05) is 41.9 Å². The van der Waals surface area contributed by atoms with Crippen molar-refractivity contribution in [1.29, 1.82) is 0 Å². The second kappa shape index (κ2) is 8.24. The van der Waals surface area contributed by atoms with E-state index < -0.39 is 41.0 Å². The van der Waals surface area contributed by atoms with Crippen LogP contribution < -0.4 is 26.6 Å². The lowest BCUT2D eigenvalue weighted by Crippen LogP contribution is -2.60. The van der Waals surface area contributed by atoms with Gasteiger partial charge in [-0.25, -0.2) is 0 Å². The van der Waals surface area contributed by atoms with E-state index in [0.29, 0.717) is 5.56 Å². The number of rotatable bonds is 6. The Kier molecular flexibility index (Phi) is 6.29. The van der Waals surface area contributed by atoms with Gasteiger partial charge in [0.05, 0.1) is 34.1 Å². The van der Waals surface area contributed by atoms with Gasteiger partial charge in [-0.3, -0.25) is 4.79 Å². The Balaban J connectivity index is 2.13. The van der Waals surface area contributed by atoms with Crippen molar-refractivity contribution >= 4 is 41.2 Å². The van der Waals surface area contributed by atoms with Crippen LogP contribution in [0.3, 0.4) is 0 Å². The predicted octanol–water partition coefficient (Wildman–Crippen LogP) is -2.22. The zero-order valence-electron chi connectivity index (χ0n) is 12.7. The molecule has 0 aromatic heterocycles. The molecule has 0 radical (unpaired) electrons. The molecule has 1 unspecified atom stereocenters. The molecule has 0 fully saturated rings. The Morgan fingerprint density at radius 1 is 1.28 bits per heavy atom. The van der Waals surface area contributed by atoms with Gasteiger partial charge in [0.15, 0.2) is 0 Å². The van der Waals surface area contributed by atoms with Crippen molar-refractivity contribution < 1.29 is 24.6 Å². The van der Waals surface area contributed by atoms with E-state index in [1.807, 2.05) is 0 Å². The Morgan fingerprint density at radius 3 is 2.48 bits per heavy atom. The number of benzene rings is 1. The highest BCUT2D eigenvalue weighted by Crippen LogP contribution is 2.26. The van der Waals surface area contributed by atoms with Crippen molar-refractivity contribution in [2.45, 2.75) is 17.5 Å². The van der Waals surface area contributed by atoms with Gasteiger partial charge < -0.3 is 36.2 Å². The smallest absolute Gasteiger partial charge is 0.242 e. The summed E-state index contributed by atoms with van der Waals surface area (Å²) in [7, 11) is 0. The number of carboxylic acid groups (broad SMARTS) is 2. The van der Waals surface area contributed by atoms with Gasteiger partial charge in [-0.15, -0.1) is 11.8 Å². The maximum absolute atomic E-state index is 12.2. The van der Waals surface area contributed by atoms with Crippen molar-refractivity contribution in [3.63, 3.8) is 0 Å². The number of thioether (sulfide) groups is 1. The third-order valence-electron chi connectivity index (χ3n) is 3.45. The predicted molar refractivity (Wildman–Crippen MR) is 87.6 cm³/mol. The lowest BCUT2D eigenvalue weighted by atomic mass is 10.1. The molecule has 0 saturated carbocycles. The number of carbonyl (C=O) groups excluding carboxylic acids is 3. The van der Waals surface area contributed by atoms with Gasteiger partial charge in [0.25, 0.3) is 0 Å². The number of aliphatic carboxylic acids is 2. The first-order valence-corrected chi connectivity index (χ1v) is 8.53. The molecule has 1 aliphatic heterocycles. The number of nitrogens with one attached hydrogen (secondary N) is 2. The summed E-state index contributed by atoms with van der Waals surface area (Å²) < 4.78 is 0. The number of hydrogen-bond acceptors (Lipinski definition) is 8. The first-order chi connectivity index (χ1) is 11.8. The molecule has 2 rings (SSSR count). The summed E-state index contributed by atoms with van der Waals surface area (Å²) in [5.74, 6) is -3.85. The van der Waals surface area contributed by atoms with Crippen molar-refractivity contribution in [2.75, 3.05) is 5.75 Å². The molecule has 1 heterocycles. The Morgan fingerprint density at radius 2 is 1.92 bits per heavy atom. The van der Waals surface area contributed by atoms with Crippen molar-refractivity contribution in [2.24, 2.45) is 5.73 Å².